The fraction of sp³-hybridized carbons (Fsp3) is 0.250. The van der Waals surface area contributed by atoms with Crippen molar-refractivity contribution in [2.75, 3.05) is 7.11 Å². The number of ether oxygens (including phenoxy) is 1. The van der Waals surface area contributed by atoms with Crippen molar-refractivity contribution in [1.82, 2.24) is 6.15 Å². The molecule has 3 heteroatoms. The number of hydrogen-bond acceptors (Lipinski definition) is 3. The van der Waals surface area contributed by atoms with Crippen LogP contribution in [0, 0.1) is 0 Å². The molecular formula is C8H11NO2. The molecule has 0 atom stereocenters. The van der Waals surface area contributed by atoms with Crippen LogP contribution < -0.4 is 10.9 Å². The molecule has 4 N–H and O–H groups in total. The predicted octanol–water partition coefficient (Wildman–Crippen LogP) is 1.47. The van der Waals surface area contributed by atoms with Gasteiger partial charge in [0.1, 0.15) is 0 Å². The van der Waals surface area contributed by atoms with Crippen molar-refractivity contribution in [3.8, 4) is 11.5 Å². The summed E-state index contributed by atoms with van der Waals surface area (Å²) in [6, 6.07) is 3.60. The first kappa shape index (κ1) is 7.88. The molecule has 0 heterocycles. The van der Waals surface area contributed by atoms with Gasteiger partial charge in [-0.1, -0.05) is 6.07 Å². The van der Waals surface area contributed by atoms with E-state index < -0.39 is 0 Å². The van der Waals surface area contributed by atoms with E-state index >= 15 is 0 Å². The van der Waals surface area contributed by atoms with Gasteiger partial charge in [-0.2, -0.15) is 0 Å². The lowest BCUT2D eigenvalue weighted by atomic mass is 10.3. The van der Waals surface area contributed by atoms with E-state index in [2.05, 4.69) is 0 Å². The number of benzene rings is 1. The van der Waals surface area contributed by atoms with Gasteiger partial charge in [0, 0.05) is 12.0 Å². The van der Waals surface area contributed by atoms with E-state index in [0.29, 0.717) is 5.75 Å². The largest absolute Gasteiger partial charge is 0.504 e. The van der Waals surface area contributed by atoms with Gasteiger partial charge in [-0.15, -0.1) is 0 Å². The van der Waals surface area contributed by atoms with Crippen LogP contribution in [-0.2, 0) is 6.42 Å². The van der Waals surface area contributed by atoms with Crippen molar-refractivity contribution in [2.45, 2.75) is 6.42 Å². The topological polar surface area (TPSA) is 64.5 Å². The third-order valence-electron chi connectivity index (χ3n) is 1.78. The Morgan fingerprint density at radius 2 is 2.18 bits per heavy atom. The van der Waals surface area contributed by atoms with E-state index in [0.717, 1.165) is 12.0 Å². The Hall–Kier alpha value is -1.22. The Morgan fingerprint density at radius 3 is 2.73 bits per heavy atom. The van der Waals surface area contributed by atoms with Gasteiger partial charge in [0.25, 0.3) is 0 Å². The number of phenolic OH excluding ortho intramolecular Hbond substituents is 1. The zero-order valence-electron chi connectivity index (χ0n) is 6.42. The van der Waals surface area contributed by atoms with Crippen molar-refractivity contribution in [3.63, 3.8) is 0 Å². The van der Waals surface area contributed by atoms with Gasteiger partial charge in [0.15, 0.2) is 11.5 Å². The maximum Gasteiger partial charge on any atom is 0.164 e. The zero-order valence-corrected chi connectivity index (χ0v) is 6.42. The van der Waals surface area contributed by atoms with E-state index in [1.54, 1.807) is 13.2 Å². The third kappa shape index (κ3) is 1.03. The molecule has 0 unspecified atom stereocenters. The lowest BCUT2D eigenvalue weighted by Crippen LogP contribution is -1.81. The maximum atomic E-state index is 9.20. The molecule has 1 aromatic carbocycles. The molecule has 0 saturated carbocycles. The number of hydrogen-bond donors (Lipinski definition) is 2. The van der Waals surface area contributed by atoms with Gasteiger partial charge in [-0.3, -0.25) is 0 Å². The minimum atomic E-state index is 0. The molecule has 3 nitrogen and oxygen atoms in total. The van der Waals surface area contributed by atoms with Crippen molar-refractivity contribution in [3.05, 3.63) is 23.3 Å². The van der Waals surface area contributed by atoms with Gasteiger partial charge in [-0.25, -0.2) is 0 Å². The number of rotatable bonds is 1. The summed E-state index contributed by atoms with van der Waals surface area (Å²) in [5.41, 5.74) is 2.44. The van der Waals surface area contributed by atoms with Crippen molar-refractivity contribution in [1.29, 1.82) is 0 Å². The van der Waals surface area contributed by atoms with Crippen LogP contribution in [-0.4, -0.2) is 12.2 Å². The maximum absolute atomic E-state index is 9.20. The number of methoxy groups -OCH3 is 1. The van der Waals surface area contributed by atoms with E-state index in [1.807, 2.05) is 6.07 Å². The summed E-state index contributed by atoms with van der Waals surface area (Å²) in [6.45, 7) is 0. The molecule has 1 aliphatic rings. The average Bonchev–Trinajstić information content (AvgIpc) is 2.66. The lowest BCUT2D eigenvalue weighted by Gasteiger charge is -1.99. The van der Waals surface area contributed by atoms with Crippen LogP contribution in [0.1, 0.15) is 11.1 Å². The molecule has 1 aliphatic carbocycles. The van der Waals surface area contributed by atoms with Crippen LogP contribution in [0.4, 0.5) is 0 Å². The van der Waals surface area contributed by atoms with Crippen LogP contribution in [0.3, 0.4) is 0 Å². The summed E-state index contributed by atoms with van der Waals surface area (Å²) in [7, 11) is 1.58. The van der Waals surface area contributed by atoms with Gasteiger partial charge in [0.05, 0.1) is 7.11 Å². The van der Waals surface area contributed by atoms with Crippen LogP contribution >= 0.6 is 0 Å². The highest BCUT2D eigenvalue weighted by Gasteiger charge is 2.23. The van der Waals surface area contributed by atoms with Crippen molar-refractivity contribution < 1.29 is 9.84 Å². The first-order chi connectivity index (χ1) is 4.83. The fourth-order valence-corrected chi connectivity index (χ4v) is 1.17. The molecule has 0 aliphatic heterocycles. The third-order valence-corrected chi connectivity index (χ3v) is 1.78. The Balaban J connectivity index is 0.000000605. The molecule has 0 saturated heterocycles. The summed E-state index contributed by atoms with van der Waals surface area (Å²) in [5.74, 6) is 0.899. The van der Waals surface area contributed by atoms with Crippen LogP contribution in [0.2, 0.25) is 0 Å². The van der Waals surface area contributed by atoms with Crippen LogP contribution in [0.25, 0.3) is 0 Å². The molecule has 1 aromatic rings. The first-order valence-corrected chi connectivity index (χ1v) is 3.20. The van der Waals surface area contributed by atoms with E-state index in [4.69, 9.17) is 4.74 Å². The average molecular weight is 153 g/mol. The normalized spacial score (nSPS) is 11.4. The summed E-state index contributed by atoms with van der Waals surface area (Å²) in [5, 5.41) is 9.20. The fourth-order valence-electron chi connectivity index (χ4n) is 1.17. The van der Waals surface area contributed by atoms with Gasteiger partial charge >= 0.3 is 0 Å². The standard InChI is InChI=1S/C8H8O2.H3N/c1-10-8-6-4-5(6)2-3-7(8)9;/h2-3,9H,4H2,1H3;1H3. The molecule has 0 aromatic heterocycles. The Morgan fingerprint density at radius 1 is 1.45 bits per heavy atom. The van der Waals surface area contributed by atoms with Crippen molar-refractivity contribution in [2.24, 2.45) is 0 Å². The van der Waals surface area contributed by atoms with E-state index in [9.17, 15) is 5.11 Å². The second kappa shape index (κ2) is 2.43. The van der Waals surface area contributed by atoms with Gasteiger partial charge in [-0.05, 0) is 11.6 Å². The molecular weight excluding hydrogens is 142 g/mol. The minimum absolute atomic E-state index is 0. The second-order valence-corrected chi connectivity index (χ2v) is 2.43. The zero-order chi connectivity index (χ0) is 7.14. The molecule has 0 fully saturated rings. The Labute approximate surface area is 65.2 Å². The smallest absolute Gasteiger partial charge is 0.164 e. The molecule has 0 spiro atoms. The SMILES string of the molecule is COc1c(O)ccc2c1C2.N. The monoisotopic (exact) mass is 153 g/mol. The first-order valence-electron chi connectivity index (χ1n) is 3.20. The molecule has 0 radical (unpaired) electrons. The van der Waals surface area contributed by atoms with Gasteiger partial charge < -0.3 is 16.0 Å². The summed E-state index contributed by atoms with van der Waals surface area (Å²) >= 11 is 0. The highest BCUT2D eigenvalue weighted by molar-refractivity contribution is 5.60. The highest BCUT2D eigenvalue weighted by atomic mass is 16.5. The summed E-state index contributed by atoms with van der Waals surface area (Å²) < 4.78 is 4.98. The van der Waals surface area contributed by atoms with E-state index in [-0.39, 0.29) is 11.9 Å². The molecule has 11 heavy (non-hydrogen) atoms. The Bertz CT molecular complexity index is 280. The minimum Gasteiger partial charge on any atom is -0.504 e. The number of phenols is 1. The molecule has 0 amide bonds. The lowest BCUT2D eigenvalue weighted by molar-refractivity contribution is 0.373. The highest BCUT2D eigenvalue weighted by Crippen LogP contribution is 2.42. The molecule has 60 valence electrons. The molecule has 2 rings (SSSR count). The predicted molar refractivity (Wildman–Crippen MR) is 42.5 cm³/mol. The van der Waals surface area contributed by atoms with Crippen LogP contribution in [0.5, 0.6) is 11.5 Å². The van der Waals surface area contributed by atoms with Crippen molar-refractivity contribution >= 4 is 0 Å². The van der Waals surface area contributed by atoms with Crippen LogP contribution in [0.15, 0.2) is 12.1 Å². The summed E-state index contributed by atoms with van der Waals surface area (Å²) in [4.78, 5) is 0. The molecule has 0 bridgehead atoms. The van der Waals surface area contributed by atoms with E-state index in [1.165, 1.54) is 5.56 Å². The number of fused-ring (bicyclic) bond motifs is 1. The summed E-state index contributed by atoms with van der Waals surface area (Å²) in [6.07, 6.45) is 0.976. The number of aromatic hydroxyl groups is 1. The quantitative estimate of drug-likeness (QED) is 0.652. The second-order valence-electron chi connectivity index (χ2n) is 2.43. The van der Waals surface area contributed by atoms with Gasteiger partial charge in [0.2, 0.25) is 0 Å². The Kier molecular flexibility index (Phi) is 1.74.